The molecule has 0 amide bonds. The molecule has 1 rings (SSSR count). The van der Waals surface area contributed by atoms with Crippen molar-refractivity contribution in [3.05, 3.63) is 0 Å². The number of nitrogens with two attached hydrogens (primary N) is 1. The molecule has 4 nitrogen and oxygen atoms in total. The van der Waals surface area contributed by atoms with E-state index in [2.05, 4.69) is 23.6 Å². The fourth-order valence-electron chi connectivity index (χ4n) is 1.92. The summed E-state index contributed by atoms with van der Waals surface area (Å²) in [4.78, 5) is 4.70. The largest absolute Gasteiger partial charge is 0.387 e. The number of hydrogen-bond donors (Lipinski definition) is 2. The number of nitrogens with one attached hydrogen (secondary N) is 1. The van der Waals surface area contributed by atoms with Crippen molar-refractivity contribution in [2.24, 2.45) is 5.73 Å². The lowest BCUT2D eigenvalue weighted by atomic mass is 10.2. The highest BCUT2D eigenvalue weighted by Crippen LogP contribution is 2.07. The van der Waals surface area contributed by atoms with E-state index in [9.17, 15) is 0 Å². The fraction of sp³-hybridized carbons (Fsp3) is 0.889. The summed E-state index contributed by atoms with van der Waals surface area (Å²) >= 11 is 0. The minimum Gasteiger partial charge on any atom is -0.387 e. The smallest absolute Gasteiger partial charge is 0.105 e. The fourth-order valence-corrected chi connectivity index (χ4v) is 1.92. The van der Waals surface area contributed by atoms with Gasteiger partial charge < -0.3 is 5.73 Å². The average Bonchev–Trinajstić information content (AvgIpc) is 2.03. The van der Waals surface area contributed by atoms with Gasteiger partial charge in [-0.1, -0.05) is 6.92 Å². The number of nitrogens with zero attached hydrogens (tertiary/aromatic N) is 2. The quantitative estimate of drug-likeness (QED) is 0.477. The molecule has 1 aliphatic rings. The molecule has 0 spiro atoms. The van der Waals surface area contributed by atoms with Gasteiger partial charge in [-0.05, 0) is 13.5 Å². The Kier molecular flexibility index (Phi) is 3.69. The third-order valence-corrected chi connectivity index (χ3v) is 2.65. The molecule has 0 saturated carbocycles. The molecule has 1 saturated heterocycles. The molecular formula is C9H20N4. The Morgan fingerprint density at radius 3 is 2.69 bits per heavy atom. The molecule has 13 heavy (non-hydrogen) atoms. The highest BCUT2D eigenvalue weighted by atomic mass is 15.3. The van der Waals surface area contributed by atoms with E-state index in [1.165, 1.54) is 0 Å². The summed E-state index contributed by atoms with van der Waals surface area (Å²) in [5.74, 6) is 0.275. The number of piperazine rings is 1. The van der Waals surface area contributed by atoms with Crippen LogP contribution in [-0.2, 0) is 0 Å². The van der Waals surface area contributed by atoms with Crippen molar-refractivity contribution in [1.82, 2.24) is 9.80 Å². The van der Waals surface area contributed by atoms with Crippen molar-refractivity contribution in [1.29, 1.82) is 5.41 Å². The monoisotopic (exact) mass is 184 g/mol. The van der Waals surface area contributed by atoms with E-state index in [4.69, 9.17) is 11.1 Å². The maximum Gasteiger partial charge on any atom is 0.105 e. The molecule has 4 heteroatoms. The van der Waals surface area contributed by atoms with Crippen LogP contribution in [0.2, 0.25) is 0 Å². The number of amidine groups is 1. The van der Waals surface area contributed by atoms with E-state index in [0.29, 0.717) is 12.6 Å². The van der Waals surface area contributed by atoms with Crippen LogP contribution in [0.3, 0.4) is 0 Å². The van der Waals surface area contributed by atoms with Crippen LogP contribution in [0.4, 0.5) is 0 Å². The first-order valence-corrected chi connectivity index (χ1v) is 4.92. The van der Waals surface area contributed by atoms with E-state index in [-0.39, 0.29) is 5.84 Å². The van der Waals surface area contributed by atoms with Crippen LogP contribution in [0, 0.1) is 5.41 Å². The summed E-state index contributed by atoms with van der Waals surface area (Å²) < 4.78 is 0. The molecule has 0 aromatic heterocycles. The van der Waals surface area contributed by atoms with Gasteiger partial charge in [0.25, 0.3) is 0 Å². The third kappa shape index (κ3) is 2.97. The molecule has 1 atom stereocenters. The normalized spacial score (nSPS) is 26.2. The molecule has 0 aliphatic carbocycles. The zero-order valence-electron chi connectivity index (χ0n) is 8.58. The van der Waals surface area contributed by atoms with E-state index < -0.39 is 0 Å². The molecule has 1 unspecified atom stereocenters. The van der Waals surface area contributed by atoms with Crippen LogP contribution >= 0.6 is 0 Å². The molecule has 1 aliphatic heterocycles. The Bertz CT molecular complexity index is 180. The molecule has 0 radical (unpaired) electrons. The average molecular weight is 184 g/mol. The van der Waals surface area contributed by atoms with Crippen molar-refractivity contribution in [2.45, 2.75) is 19.9 Å². The van der Waals surface area contributed by atoms with Crippen LogP contribution in [0.25, 0.3) is 0 Å². The molecule has 0 bridgehead atoms. The van der Waals surface area contributed by atoms with Crippen molar-refractivity contribution < 1.29 is 0 Å². The number of rotatable bonds is 3. The zero-order chi connectivity index (χ0) is 9.84. The molecule has 0 aromatic rings. The first kappa shape index (κ1) is 10.5. The van der Waals surface area contributed by atoms with Crippen LogP contribution in [0.5, 0.6) is 0 Å². The van der Waals surface area contributed by atoms with Crippen molar-refractivity contribution >= 4 is 5.84 Å². The summed E-state index contributed by atoms with van der Waals surface area (Å²) in [5.41, 5.74) is 5.36. The van der Waals surface area contributed by atoms with Gasteiger partial charge in [0.1, 0.15) is 5.84 Å². The lowest BCUT2D eigenvalue weighted by Crippen LogP contribution is -2.53. The standard InChI is InChI=1S/C9H20N4/c1-3-13-5-4-12(6-8(13)2)7-9(10)11/h8H,3-7H2,1-2H3,(H3,10,11). The van der Waals surface area contributed by atoms with E-state index in [1.54, 1.807) is 0 Å². The van der Waals surface area contributed by atoms with Gasteiger partial charge in [0.15, 0.2) is 0 Å². The van der Waals surface area contributed by atoms with Gasteiger partial charge in [-0.15, -0.1) is 0 Å². The van der Waals surface area contributed by atoms with Gasteiger partial charge in [-0.25, -0.2) is 0 Å². The Labute approximate surface area is 80.2 Å². The van der Waals surface area contributed by atoms with Crippen molar-refractivity contribution in [3.63, 3.8) is 0 Å². The maximum atomic E-state index is 7.21. The Hall–Kier alpha value is -0.610. The van der Waals surface area contributed by atoms with Gasteiger partial charge in [-0.3, -0.25) is 15.2 Å². The van der Waals surface area contributed by atoms with Crippen LogP contribution in [-0.4, -0.2) is 54.4 Å². The van der Waals surface area contributed by atoms with E-state index >= 15 is 0 Å². The second-order valence-corrected chi connectivity index (χ2v) is 3.74. The lowest BCUT2D eigenvalue weighted by Gasteiger charge is -2.39. The Balaban J connectivity index is 2.36. The highest BCUT2D eigenvalue weighted by Gasteiger charge is 2.21. The predicted molar refractivity (Wildman–Crippen MR) is 55.1 cm³/mol. The van der Waals surface area contributed by atoms with Gasteiger partial charge >= 0.3 is 0 Å². The molecule has 76 valence electrons. The third-order valence-electron chi connectivity index (χ3n) is 2.65. The number of likely N-dealkylation sites (N-methyl/N-ethyl adjacent to an activating group) is 1. The van der Waals surface area contributed by atoms with Crippen molar-refractivity contribution in [3.8, 4) is 0 Å². The predicted octanol–water partition coefficient (Wildman–Crippen LogP) is -0.0516. The minimum atomic E-state index is 0.275. The summed E-state index contributed by atoms with van der Waals surface area (Å²) in [7, 11) is 0. The molecular weight excluding hydrogens is 164 g/mol. The highest BCUT2D eigenvalue weighted by molar-refractivity contribution is 5.78. The van der Waals surface area contributed by atoms with Crippen molar-refractivity contribution in [2.75, 3.05) is 32.7 Å². The first-order valence-electron chi connectivity index (χ1n) is 4.92. The minimum absolute atomic E-state index is 0.275. The lowest BCUT2D eigenvalue weighted by molar-refractivity contribution is 0.0984. The van der Waals surface area contributed by atoms with Gasteiger partial charge in [-0.2, -0.15) is 0 Å². The van der Waals surface area contributed by atoms with Gasteiger partial charge in [0.2, 0.25) is 0 Å². The molecule has 1 heterocycles. The summed E-state index contributed by atoms with van der Waals surface area (Å²) in [6, 6.07) is 0.595. The SMILES string of the molecule is CCN1CCN(CC(=N)N)CC1C. The van der Waals surface area contributed by atoms with Gasteiger partial charge in [0, 0.05) is 25.7 Å². The number of hydrogen-bond acceptors (Lipinski definition) is 3. The molecule has 1 fully saturated rings. The molecule has 0 aromatic carbocycles. The topological polar surface area (TPSA) is 56.4 Å². The Morgan fingerprint density at radius 1 is 1.54 bits per heavy atom. The van der Waals surface area contributed by atoms with Crippen LogP contribution in [0.1, 0.15) is 13.8 Å². The van der Waals surface area contributed by atoms with E-state index in [0.717, 1.165) is 26.2 Å². The van der Waals surface area contributed by atoms with Gasteiger partial charge in [0.05, 0.1) is 6.54 Å². The summed E-state index contributed by atoms with van der Waals surface area (Å²) in [6.45, 7) is 9.35. The summed E-state index contributed by atoms with van der Waals surface area (Å²) in [5, 5.41) is 7.21. The second kappa shape index (κ2) is 4.58. The zero-order valence-corrected chi connectivity index (χ0v) is 8.58. The molecule has 3 N–H and O–H groups in total. The Morgan fingerprint density at radius 2 is 2.23 bits per heavy atom. The second-order valence-electron chi connectivity index (χ2n) is 3.74. The van der Waals surface area contributed by atoms with Crippen LogP contribution in [0.15, 0.2) is 0 Å². The summed E-state index contributed by atoms with van der Waals surface area (Å²) in [6.07, 6.45) is 0. The maximum absolute atomic E-state index is 7.21. The first-order chi connectivity index (χ1) is 6.13. The van der Waals surface area contributed by atoms with Crippen LogP contribution < -0.4 is 5.73 Å². The van der Waals surface area contributed by atoms with E-state index in [1.807, 2.05) is 0 Å².